The Morgan fingerprint density at radius 3 is 2.64 bits per heavy atom. The van der Waals surface area contributed by atoms with Crippen molar-refractivity contribution in [3.63, 3.8) is 0 Å². The summed E-state index contributed by atoms with van der Waals surface area (Å²) < 4.78 is 1.76. The van der Waals surface area contributed by atoms with Crippen molar-refractivity contribution in [2.24, 2.45) is 0 Å². The molecule has 6 nitrogen and oxygen atoms in total. The van der Waals surface area contributed by atoms with Crippen molar-refractivity contribution in [2.75, 3.05) is 7.05 Å². The average molecular weight is 367 g/mol. The maximum Gasteiger partial charge on any atom is 0.245 e. The van der Waals surface area contributed by atoms with Crippen molar-refractivity contribution in [3.05, 3.63) is 22.5 Å². The summed E-state index contributed by atoms with van der Waals surface area (Å²) in [5, 5.41) is 10.5. The quantitative estimate of drug-likeness (QED) is 0.728. The Kier molecular flexibility index (Phi) is 6.64. The summed E-state index contributed by atoms with van der Waals surface area (Å²) in [5.74, 6) is -0.421. The second-order valence-corrected chi connectivity index (χ2v) is 6.92. The van der Waals surface area contributed by atoms with Gasteiger partial charge in [0.25, 0.3) is 0 Å². The zero-order chi connectivity index (χ0) is 18.4. The first kappa shape index (κ1) is 19.5. The maximum absolute atomic E-state index is 12.4. The van der Waals surface area contributed by atoms with E-state index in [1.807, 2.05) is 6.92 Å². The third kappa shape index (κ3) is 4.42. The Hall–Kier alpha value is -1.82. The second-order valence-electron chi connectivity index (χ2n) is 6.56. The molecule has 2 amide bonds. The number of nitrogens with one attached hydrogen (secondary N) is 2. The van der Waals surface area contributed by atoms with Gasteiger partial charge in [-0.05, 0) is 32.3 Å². The molecule has 1 aromatic heterocycles. The molecule has 7 heteroatoms. The fourth-order valence-corrected chi connectivity index (χ4v) is 3.60. The standard InChI is InChI=1S/C18H27ClN4O2/c1-4-5-12-23-16(19)14(13(2)22-23)8-9-15(24)21-18(17(25)20-3)10-6-7-11-18/h8-9H,4-7,10-12H2,1-3H3,(H,20,25)(H,21,24)/b9-8-. The number of carbonyl (C=O) groups is 2. The van der Waals surface area contributed by atoms with Gasteiger partial charge in [-0.15, -0.1) is 0 Å². The molecule has 1 saturated carbocycles. The van der Waals surface area contributed by atoms with Crippen molar-refractivity contribution in [1.82, 2.24) is 20.4 Å². The monoisotopic (exact) mass is 366 g/mol. The molecule has 1 fully saturated rings. The lowest BCUT2D eigenvalue weighted by atomic mass is 9.96. The molecular formula is C18H27ClN4O2. The zero-order valence-electron chi connectivity index (χ0n) is 15.2. The van der Waals surface area contributed by atoms with Crippen LogP contribution < -0.4 is 10.6 Å². The number of rotatable bonds is 7. The van der Waals surface area contributed by atoms with Crippen LogP contribution in [-0.4, -0.2) is 34.2 Å². The van der Waals surface area contributed by atoms with Crippen LogP contribution in [0.5, 0.6) is 0 Å². The first-order chi connectivity index (χ1) is 11.9. The molecule has 138 valence electrons. The number of aryl methyl sites for hydroxylation is 2. The summed E-state index contributed by atoms with van der Waals surface area (Å²) in [5.41, 5.74) is 0.737. The average Bonchev–Trinajstić information content (AvgIpc) is 3.16. The van der Waals surface area contributed by atoms with Gasteiger partial charge < -0.3 is 10.6 Å². The Morgan fingerprint density at radius 2 is 2.04 bits per heavy atom. The van der Waals surface area contributed by atoms with E-state index in [9.17, 15) is 9.59 Å². The van der Waals surface area contributed by atoms with E-state index < -0.39 is 5.54 Å². The van der Waals surface area contributed by atoms with Crippen molar-refractivity contribution >= 4 is 29.5 Å². The van der Waals surface area contributed by atoms with E-state index in [0.717, 1.165) is 43.5 Å². The van der Waals surface area contributed by atoms with Crippen LogP contribution in [0.2, 0.25) is 5.15 Å². The lowest BCUT2D eigenvalue weighted by Crippen LogP contribution is -2.56. The van der Waals surface area contributed by atoms with Crippen LogP contribution in [0.25, 0.3) is 6.08 Å². The number of unbranched alkanes of at least 4 members (excludes halogenated alkanes) is 1. The van der Waals surface area contributed by atoms with E-state index in [1.54, 1.807) is 17.8 Å². The van der Waals surface area contributed by atoms with Crippen molar-refractivity contribution in [3.8, 4) is 0 Å². The van der Waals surface area contributed by atoms with Crippen molar-refractivity contribution < 1.29 is 9.59 Å². The Labute approximate surface area is 154 Å². The molecule has 1 aliphatic carbocycles. The number of halogens is 1. The largest absolute Gasteiger partial charge is 0.357 e. The van der Waals surface area contributed by atoms with E-state index in [-0.39, 0.29) is 11.8 Å². The van der Waals surface area contributed by atoms with Crippen LogP contribution in [0.15, 0.2) is 6.08 Å². The first-order valence-corrected chi connectivity index (χ1v) is 9.26. The molecule has 25 heavy (non-hydrogen) atoms. The molecule has 0 aliphatic heterocycles. The number of carbonyl (C=O) groups excluding carboxylic acids is 2. The van der Waals surface area contributed by atoms with E-state index >= 15 is 0 Å². The van der Waals surface area contributed by atoms with Crippen LogP contribution in [0.4, 0.5) is 0 Å². The molecule has 0 saturated heterocycles. The Bertz CT molecular complexity index is 660. The summed E-state index contributed by atoms with van der Waals surface area (Å²) in [6.45, 7) is 4.74. The smallest absolute Gasteiger partial charge is 0.245 e. The van der Waals surface area contributed by atoms with Crippen LogP contribution in [0.1, 0.15) is 56.7 Å². The molecular weight excluding hydrogens is 340 g/mol. The SMILES string of the molecule is CCCCn1nc(C)c(/C=C\C(=O)NC2(C(=O)NC)CCCC2)c1Cl. The molecule has 0 atom stereocenters. The van der Waals surface area contributed by atoms with Crippen molar-refractivity contribution in [2.45, 2.75) is 64.5 Å². The van der Waals surface area contributed by atoms with Crippen LogP contribution in [-0.2, 0) is 16.1 Å². The third-order valence-corrected chi connectivity index (χ3v) is 5.11. The molecule has 0 aromatic carbocycles. The molecule has 2 rings (SSSR count). The molecule has 0 spiro atoms. The van der Waals surface area contributed by atoms with Crippen LogP contribution in [0, 0.1) is 6.92 Å². The molecule has 1 aliphatic rings. The van der Waals surface area contributed by atoms with Crippen LogP contribution >= 0.6 is 11.6 Å². The van der Waals surface area contributed by atoms with E-state index in [0.29, 0.717) is 18.0 Å². The highest BCUT2D eigenvalue weighted by atomic mass is 35.5. The highest BCUT2D eigenvalue weighted by Crippen LogP contribution is 2.30. The summed E-state index contributed by atoms with van der Waals surface area (Å²) in [7, 11) is 1.60. The lowest BCUT2D eigenvalue weighted by Gasteiger charge is -2.27. The number of hydrogen-bond donors (Lipinski definition) is 2. The Morgan fingerprint density at radius 1 is 1.36 bits per heavy atom. The second kappa shape index (κ2) is 8.52. The van der Waals surface area contributed by atoms with Gasteiger partial charge in [0.1, 0.15) is 10.7 Å². The van der Waals surface area contributed by atoms with Gasteiger partial charge >= 0.3 is 0 Å². The van der Waals surface area contributed by atoms with E-state index in [2.05, 4.69) is 22.7 Å². The number of likely N-dealkylation sites (N-methyl/N-ethyl adjacent to an activating group) is 1. The topological polar surface area (TPSA) is 76.0 Å². The van der Waals surface area contributed by atoms with Crippen LogP contribution in [0.3, 0.4) is 0 Å². The molecule has 2 N–H and O–H groups in total. The predicted molar refractivity (Wildman–Crippen MR) is 99.3 cm³/mol. The minimum atomic E-state index is -0.791. The van der Waals surface area contributed by atoms with Gasteiger partial charge in [-0.3, -0.25) is 14.3 Å². The lowest BCUT2D eigenvalue weighted by molar-refractivity contribution is -0.131. The summed E-state index contributed by atoms with van der Waals surface area (Å²) >= 11 is 6.37. The van der Waals surface area contributed by atoms with E-state index in [1.165, 1.54) is 6.08 Å². The third-order valence-electron chi connectivity index (χ3n) is 4.72. The summed E-state index contributed by atoms with van der Waals surface area (Å²) in [4.78, 5) is 24.5. The van der Waals surface area contributed by atoms with E-state index in [4.69, 9.17) is 11.6 Å². The van der Waals surface area contributed by atoms with Gasteiger partial charge in [-0.2, -0.15) is 5.10 Å². The maximum atomic E-state index is 12.4. The highest BCUT2D eigenvalue weighted by molar-refractivity contribution is 6.31. The first-order valence-electron chi connectivity index (χ1n) is 8.89. The molecule has 1 heterocycles. The minimum absolute atomic E-state index is 0.131. The summed E-state index contributed by atoms with van der Waals surface area (Å²) in [6, 6.07) is 0. The Balaban J connectivity index is 2.10. The molecule has 0 unspecified atom stereocenters. The fourth-order valence-electron chi connectivity index (χ4n) is 3.28. The highest BCUT2D eigenvalue weighted by Gasteiger charge is 2.41. The molecule has 0 bridgehead atoms. The number of nitrogens with zero attached hydrogens (tertiary/aromatic N) is 2. The number of amides is 2. The van der Waals surface area contributed by atoms with Crippen molar-refractivity contribution in [1.29, 1.82) is 0 Å². The van der Waals surface area contributed by atoms with Gasteiger partial charge in [0.2, 0.25) is 11.8 Å². The predicted octanol–water partition coefficient (Wildman–Crippen LogP) is 2.83. The van der Waals surface area contributed by atoms with Gasteiger partial charge in [-0.25, -0.2) is 0 Å². The molecule has 1 aromatic rings. The fraction of sp³-hybridized carbons (Fsp3) is 0.611. The van der Waals surface area contributed by atoms with Gasteiger partial charge in [0.05, 0.1) is 5.69 Å². The van der Waals surface area contributed by atoms with Gasteiger partial charge in [0.15, 0.2) is 0 Å². The minimum Gasteiger partial charge on any atom is -0.357 e. The number of aromatic nitrogens is 2. The molecule has 0 radical (unpaired) electrons. The van der Waals surface area contributed by atoms with Gasteiger partial charge in [-0.1, -0.05) is 37.8 Å². The number of hydrogen-bond acceptors (Lipinski definition) is 3. The normalized spacial score (nSPS) is 16.3. The zero-order valence-corrected chi connectivity index (χ0v) is 15.9. The summed E-state index contributed by atoms with van der Waals surface area (Å²) in [6.07, 6.45) is 8.38. The van der Waals surface area contributed by atoms with Gasteiger partial charge in [0, 0.05) is 25.2 Å².